The highest BCUT2D eigenvalue weighted by Crippen LogP contribution is 2.52. The number of hydrogen-bond acceptors (Lipinski definition) is 4. The van der Waals surface area contributed by atoms with Crippen molar-refractivity contribution < 1.29 is 8.85 Å². The maximum Gasteiger partial charge on any atom is 0.522 e. The van der Waals surface area contributed by atoms with Gasteiger partial charge in [-0.2, -0.15) is 0 Å². The molecule has 0 amide bonds. The van der Waals surface area contributed by atoms with Crippen LogP contribution in [0.25, 0.3) is 0 Å². The highest BCUT2D eigenvalue weighted by Gasteiger charge is 2.65. The molecule has 188 valence electrons. The average Bonchev–Trinajstić information content (AvgIpc) is 2.88. The van der Waals surface area contributed by atoms with Gasteiger partial charge < -0.3 is 8.85 Å². The van der Waals surface area contributed by atoms with Crippen molar-refractivity contribution in [3.05, 3.63) is 0 Å². The molecule has 7 unspecified atom stereocenters. The van der Waals surface area contributed by atoms with E-state index in [2.05, 4.69) is 9.13 Å². The molecule has 5 heteroatoms. The van der Waals surface area contributed by atoms with Crippen LogP contribution in [0.3, 0.4) is 0 Å². The van der Waals surface area contributed by atoms with Crippen LogP contribution >= 0.6 is 0 Å². The first kappa shape index (κ1) is 23.5. The van der Waals surface area contributed by atoms with Crippen LogP contribution in [0.2, 0.25) is 0 Å². The quantitative estimate of drug-likeness (QED) is 0.443. The lowest BCUT2D eigenvalue weighted by Crippen LogP contribution is -2.81. The predicted molar refractivity (Wildman–Crippen MR) is 136 cm³/mol. The van der Waals surface area contributed by atoms with Gasteiger partial charge in [-0.3, -0.25) is 9.13 Å². The number of piperidine rings is 2. The van der Waals surface area contributed by atoms with Gasteiger partial charge in [-0.15, -0.1) is 0 Å². The van der Waals surface area contributed by atoms with Crippen LogP contribution in [0.5, 0.6) is 0 Å². The van der Waals surface area contributed by atoms with Gasteiger partial charge in [0.15, 0.2) is 0 Å². The summed E-state index contributed by atoms with van der Waals surface area (Å²) in [7, 11) is 1.38. The molecule has 2 heterocycles. The summed E-state index contributed by atoms with van der Waals surface area (Å²) < 4.78 is 20.0. The summed E-state index contributed by atoms with van der Waals surface area (Å²) in [5.74, 6) is 3.52. The third-order valence-electron chi connectivity index (χ3n) is 11.3. The smallest absolute Gasteiger partial charge is 0.374 e. The third kappa shape index (κ3) is 3.91. The normalized spacial score (nSPS) is 44.9. The summed E-state index contributed by atoms with van der Waals surface area (Å²) in [6.45, 7) is 0. The van der Waals surface area contributed by atoms with Crippen LogP contribution in [0, 0.1) is 23.7 Å². The molecule has 0 spiro atoms. The molecule has 6 fully saturated rings. The van der Waals surface area contributed by atoms with Crippen LogP contribution in [0.1, 0.15) is 116 Å². The Morgan fingerprint density at radius 1 is 0.455 bits per heavy atom. The Bertz CT molecular complexity index is 576. The van der Waals surface area contributed by atoms with Gasteiger partial charge >= 0.3 is 8.88 Å². The summed E-state index contributed by atoms with van der Waals surface area (Å²) in [5.41, 5.74) is 0. The number of rotatable bonds is 4. The molecule has 0 radical (unpaired) electrons. The molecule has 4 nitrogen and oxygen atoms in total. The van der Waals surface area contributed by atoms with E-state index in [0.717, 1.165) is 23.7 Å². The molecular formula is C28H50N2O2Si. The van der Waals surface area contributed by atoms with E-state index in [1.54, 1.807) is 0 Å². The fourth-order valence-electron chi connectivity index (χ4n) is 10.1. The lowest BCUT2D eigenvalue weighted by Gasteiger charge is -2.64. The van der Waals surface area contributed by atoms with E-state index in [1.807, 2.05) is 14.2 Å². The molecule has 4 aliphatic carbocycles. The molecule has 0 aromatic rings. The van der Waals surface area contributed by atoms with Crippen molar-refractivity contribution in [2.75, 3.05) is 14.2 Å². The number of hydrogen-bond donors (Lipinski definition) is 0. The highest BCUT2D eigenvalue weighted by atomic mass is 28.4. The van der Waals surface area contributed by atoms with Gasteiger partial charge in [0.1, 0.15) is 0 Å². The SMILES string of the molecule is CO[Si](OC)(N1C2CCCCC2CC2CCCCC21)N1C2CCCCC2CC2CCCC[C@H]21. The van der Waals surface area contributed by atoms with Crippen LogP contribution in [0.4, 0.5) is 0 Å². The van der Waals surface area contributed by atoms with E-state index in [4.69, 9.17) is 8.85 Å². The van der Waals surface area contributed by atoms with Crippen molar-refractivity contribution in [1.29, 1.82) is 0 Å². The minimum absolute atomic E-state index is 0.704. The zero-order valence-electron chi connectivity index (χ0n) is 21.6. The second-order valence-electron chi connectivity index (χ2n) is 12.7. The zero-order valence-corrected chi connectivity index (χ0v) is 22.6. The molecular weight excluding hydrogens is 424 g/mol. The first-order chi connectivity index (χ1) is 16.3. The molecule has 2 saturated heterocycles. The van der Waals surface area contributed by atoms with Gasteiger partial charge in [-0.05, 0) is 87.9 Å². The van der Waals surface area contributed by atoms with Gasteiger partial charge in [0.2, 0.25) is 0 Å². The molecule has 0 aromatic carbocycles. The van der Waals surface area contributed by atoms with Crippen LogP contribution in [-0.2, 0) is 8.85 Å². The van der Waals surface area contributed by atoms with Crippen molar-refractivity contribution in [2.24, 2.45) is 23.7 Å². The van der Waals surface area contributed by atoms with Gasteiger partial charge in [0, 0.05) is 38.4 Å². The minimum Gasteiger partial charge on any atom is -0.374 e. The monoisotopic (exact) mass is 474 g/mol. The summed E-state index contributed by atoms with van der Waals surface area (Å²) in [6.07, 6.45) is 25.7. The highest BCUT2D eigenvalue weighted by molar-refractivity contribution is 6.62. The molecule has 33 heavy (non-hydrogen) atoms. The van der Waals surface area contributed by atoms with Gasteiger partial charge in [0.25, 0.3) is 0 Å². The van der Waals surface area contributed by atoms with Crippen molar-refractivity contribution in [3.63, 3.8) is 0 Å². The van der Waals surface area contributed by atoms with Crippen LogP contribution in [-0.4, -0.2) is 56.4 Å². The summed E-state index contributed by atoms with van der Waals surface area (Å²) >= 11 is 0. The van der Waals surface area contributed by atoms with Gasteiger partial charge in [0.05, 0.1) is 0 Å². The summed E-state index contributed by atoms with van der Waals surface area (Å²) in [5, 5.41) is 0. The Morgan fingerprint density at radius 3 is 1.00 bits per heavy atom. The Labute approximate surface area is 204 Å². The first-order valence-electron chi connectivity index (χ1n) is 14.9. The summed E-state index contributed by atoms with van der Waals surface area (Å²) in [6, 6.07) is 2.82. The van der Waals surface area contributed by atoms with E-state index in [9.17, 15) is 0 Å². The molecule has 6 aliphatic rings. The lowest BCUT2D eigenvalue weighted by molar-refractivity contribution is -0.0838. The molecule has 0 N–H and O–H groups in total. The van der Waals surface area contributed by atoms with E-state index in [1.165, 1.54) is 116 Å². The van der Waals surface area contributed by atoms with Crippen LogP contribution < -0.4 is 0 Å². The topological polar surface area (TPSA) is 24.9 Å². The Kier molecular flexibility index (Phi) is 6.99. The molecule has 4 saturated carbocycles. The van der Waals surface area contributed by atoms with Gasteiger partial charge in [-0.25, -0.2) is 0 Å². The zero-order chi connectivity index (χ0) is 22.4. The fourth-order valence-corrected chi connectivity index (χ4v) is 14.4. The first-order valence-corrected chi connectivity index (χ1v) is 16.6. The molecule has 0 bridgehead atoms. The van der Waals surface area contributed by atoms with Crippen molar-refractivity contribution in [1.82, 2.24) is 9.13 Å². The molecule has 8 atom stereocenters. The molecule has 6 rings (SSSR count). The second kappa shape index (κ2) is 9.84. The molecule has 2 aliphatic heterocycles. The predicted octanol–water partition coefficient (Wildman–Crippen LogP) is 6.36. The van der Waals surface area contributed by atoms with E-state index < -0.39 is 8.88 Å². The van der Waals surface area contributed by atoms with Gasteiger partial charge in [-0.1, -0.05) is 51.4 Å². The van der Waals surface area contributed by atoms with Crippen molar-refractivity contribution in [3.8, 4) is 0 Å². The Hall–Kier alpha value is 0.0569. The summed E-state index contributed by atoms with van der Waals surface area (Å²) in [4.78, 5) is 0. The molecule has 0 aromatic heterocycles. The second-order valence-corrected chi connectivity index (χ2v) is 15.6. The Balaban J connectivity index is 1.44. The maximum absolute atomic E-state index is 6.93. The largest absolute Gasteiger partial charge is 0.522 e. The minimum atomic E-state index is -2.71. The third-order valence-corrected chi connectivity index (χ3v) is 15.0. The van der Waals surface area contributed by atoms with Crippen molar-refractivity contribution >= 4 is 8.88 Å². The number of nitrogens with zero attached hydrogens (tertiary/aromatic N) is 2. The maximum atomic E-state index is 6.93. The number of fused-ring (bicyclic) bond motifs is 4. The lowest BCUT2D eigenvalue weighted by atomic mass is 9.69. The van der Waals surface area contributed by atoms with Crippen molar-refractivity contribution in [2.45, 2.75) is 140 Å². The van der Waals surface area contributed by atoms with E-state index >= 15 is 0 Å². The van der Waals surface area contributed by atoms with E-state index in [0.29, 0.717) is 24.2 Å². The Morgan fingerprint density at radius 2 is 0.727 bits per heavy atom. The fraction of sp³-hybridized carbons (Fsp3) is 1.00. The average molecular weight is 475 g/mol. The van der Waals surface area contributed by atoms with Crippen LogP contribution in [0.15, 0.2) is 0 Å². The standard InChI is InChI=1S/C28H50N2O2Si/c1-31-33(32-2,29-25-15-7-3-11-21(25)19-22-12-4-8-16-26(22)29)30-27-17-9-5-13-23(27)20-24-14-6-10-18-28(24)30/h21-28H,3-20H2,1-2H3/t21?,22?,23?,24?,25-,26?,27?,28?/m1/s1. The van der Waals surface area contributed by atoms with E-state index in [-0.39, 0.29) is 0 Å².